The van der Waals surface area contributed by atoms with Gasteiger partial charge in [0, 0.05) is 38.3 Å². The summed E-state index contributed by atoms with van der Waals surface area (Å²) in [5.74, 6) is 2.36. The number of amidine groups is 1. The number of nitrogens with one attached hydrogen (secondary N) is 1. The topological polar surface area (TPSA) is 48.8 Å². The number of rotatable bonds is 8. The molecule has 1 saturated heterocycles. The van der Waals surface area contributed by atoms with Crippen LogP contribution in [0.25, 0.3) is 0 Å². The van der Waals surface area contributed by atoms with Gasteiger partial charge in [0.15, 0.2) is 0 Å². The molecule has 4 rings (SSSR count). The Morgan fingerprint density at radius 3 is 2.24 bits per heavy atom. The molecule has 0 unspecified atom stereocenters. The molecule has 0 aromatic heterocycles. The number of benzene rings is 3. The first-order chi connectivity index (χ1) is 16.1. The molecule has 172 valence electrons. The number of hydrogen-bond donors (Lipinski definition) is 1. The third-order valence-electron chi connectivity index (χ3n) is 6.11. The number of para-hydroxylation sites is 1. The molecule has 0 radical (unpaired) electrons. The van der Waals surface area contributed by atoms with Crippen LogP contribution in [0.5, 0.6) is 11.5 Å². The van der Waals surface area contributed by atoms with Crippen LogP contribution in [0.15, 0.2) is 72.8 Å². The molecule has 0 spiro atoms. The van der Waals surface area contributed by atoms with Crippen LogP contribution >= 0.6 is 0 Å². The third kappa shape index (κ3) is 6.14. The average Bonchev–Trinajstić information content (AvgIpc) is 2.85. The molecular weight excluding hydrogens is 410 g/mol. The molecule has 1 fully saturated rings. The van der Waals surface area contributed by atoms with Gasteiger partial charge in [0.05, 0.1) is 0 Å². The third-order valence-corrected chi connectivity index (χ3v) is 6.11. The van der Waals surface area contributed by atoms with Gasteiger partial charge in [-0.25, -0.2) is 0 Å². The van der Waals surface area contributed by atoms with Gasteiger partial charge in [0.25, 0.3) is 0 Å². The van der Waals surface area contributed by atoms with Gasteiger partial charge in [-0.2, -0.15) is 0 Å². The van der Waals surface area contributed by atoms with E-state index >= 15 is 0 Å². The van der Waals surface area contributed by atoms with Gasteiger partial charge >= 0.3 is 0 Å². The van der Waals surface area contributed by atoms with Crippen molar-refractivity contribution in [3.05, 3.63) is 95.1 Å². The van der Waals surface area contributed by atoms with E-state index in [0.717, 1.165) is 55.3 Å². The summed E-state index contributed by atoms with van der Waals surface area (Å²) in [6, 6.07) is 24.3. The van der Waals surface area contributed by atoms with Crippen molar-refractivity contribution in [2.24, 2.45) is 0 Å². The zero-order valence-corrected chi connectivity index (χ0v) is 19.6. The number of hydrogen-bond acceptors (Lipinski definition) is 4. The fraction of sp³-hybridized carbons (Fsp3) is 0.321. The molecule has 0 amide bonds. The molecule has 3 aromatic rings. The normalized spacial score (nSPS) is 14.2. The second kappa shape index (κ2) is 11.0. The lowest BCUT2D eigenvalue weighted by atomic mass is 10.1. The molecule has 0 saturated carbocycles. The summed E-state index contributed by atoms with van der Waals surface area (Å²) in [6.45, 7) is 9.85. The zero-order valence-electron chi connectivity index (χ0n) is 19.6. The highest BCUT2D eigenvalue weighted by Crippen LogP contribution is 2.22. The highest BCUT2D eigenvalue weighted by molar-refractivity contribution is 5.96. The predicted molar refractivity (Wildman–Crippen MR) is 133 cm³/mol. The van der Waals surface area contributed by atoms with Crippen molar-refractivity contribution < 1.29 is 9.47 Å². The quantitative estimate of drug-likeness (QED) is 0.397. The summed E-state index contributed by atoms with van der Waals surface area (Å²) in [7, 11) is 0. The van der Waals surface area contributed by atoms with Gasteiger partial charge in [-0.3, -0.25) is 10.3 Å². The van der Waals surface area contributed by atoms with Crippen LogP contribution in [0.1, 0.15) is 22.3 Å². The highest BCUT2D eigenvalue weighted by Gasteiger charge is 2.20. The molecule has 0 bridgehead atoms. The Bertz CT molecular complexity index is 1040. The average molecular weight is 444 g/mol. The maximum Gasteiger partial charge on any atom is 0.128 e. The summed E-state index contributed by atoms with van der Waals surface area (Å²) in [4.78, 5) is 4.57. The van der Waals surface area contributed by atoms with Gasteiger partial charge in [-0.15, -0.1) is 0 Å². The molecule has 1 aliphatic rings. The summed E-state index contributed by atoms with van der Waals surface area (Å²) in [5, 5.41) is 8.71. The Hall–Kier alpha value is -3.31. The monoisotopic (exact) mass is 443 g/mol. The molecule has 33 heavy (non-hydrogen) atoms. The summed E-state index contributed by atoms with van der Waals surface area (Å²) >= 11 is 0. The fourth-order valence-corrected chi connectivity index (χ4v) is 4.16. The maximum atomic E-state index is 8.71. The van der Waals surface area contributed by atoms with Gasteiger partial charge in [-0.05, 0) is 42.7 Å². The minimum atomic E-state index is 0.528. The minimum absolute atomic E-state index is 0.528. The van der Waals surface area contributed by atoms with Crippen molar-refractivity contribution in [1.29, 1.82) is 5.41 Å². The Kier molecular flexibility index (Phi) is 7.63. The van der Waals surface area contributed by atoms with Crippen LogP contribution in [0.3, 0.4) is 0 Å². The van der Waals surface area contributed by atoms with Crippen molar-refractivity contribution in [1.82, 2.24) is 9.80 Å². The lowest BCUT2D eigenvalue weighted by molar-refractivity contribution is 0.153. The van der Waals surface area contributed by atoms with Gasteiger partial charge < -0.3 is 14.4 Å². The molecule has 1 N–H and O–H groups in total. The first kappa shape index (κ1) is 22.9. The molecule has 0 atom stereocenters. The second-order valence-corrected chi connectivity index (χ2v) is 8.55. The standard InChI is InChI=1S/C28H33N3O2/c1-22-8-6-9-23(2)27(22)32-19-18-30-14-16-31(17-15-30)28(29)25-12-7-13-26(20-25)33-21-24-10-4-3-5-11-24/h3-13,20,29H,14-19,21H2,1-2H3. The first-order valence-corrected chi connectivity index (χ1v) is 11.6. The summed E-state index contributed by atoms with van der Waals surface area (Å²) < 4.78 is 12.0. The van der Waals surface area contributed by atoms with Gasteiger partial charge in [-0.1, -0.05) is 60.7 Å². The first-order valence-electron chi connectivity index (χ1n) is 11.6. The lowest BCUT2D eigenvalue weighted by Gasteiger charge is -2.36. The Morgan fingerprint density at radius 1 is 0.818 bits per heavy atom. The van der Waals surface area contributed by atoms with Crippen molar-refractivity contribution >= 4 is 5.84 Å². The van der Waals surface area contributed by atoms with Crippen molar-refractivity contribution in [2.45, 2.75) is 20.5 Å². The fourth-order valence-electron chi connectivity index (χ4n) is 4.16. The SMILES string of the molecule is Cc1cccc(C)c1OCCN1CCN(C(=N)c2cccc(OCc3ccccc3)c2)CC1. The number of aryl methyl sites for hydroxylation is 2. The number of nitrogens with zero attached hydrogens (tertiary/aromatic N) is 2. The number of ether oxygens (including phenoxy) is 2. The second-order valence-electron chi connectivity index (χ2n) is 8.55. The van der Waals surface area contributed by atoms with Crippen molar-refractivity contribution in [3.63, 3.8) is 0 Å². The zero-order chi connectivity index (χ0) is 23.0. The van der Waals surface area contributed by atoms with E-state index < -0.39 is 0 Å². The molecule has 5 nitrogen and oxygen atoms in total. The van der Waals surface area contributed by atoms with E-state index in [-0.39, 0.29) is 0 Å². The van der Waals surface area contributed by atoms with Crippen LogP contribution < -0.4 is 9.47 Å². The largest absolute Gasteiger partial charge is 0.492 e. The molecule has 1 aliphatic heterocycles. The van der Waals surface area contributed by atoms with Crippen LogP contribution in [0, 0.1) is 19.3 Å². The van der Waals surface area contributed by atoms with E-state index in [9.17, 15) is 0 Å². The van der Waals surface area contributed by atoms with Gasteiger partial charge in [0.1, 0.15) is 30.5 Å². The Balaban J connectivity index is 1.24. The van der Waals surface area contributed by atoms with E-state index in [0.29, 0.717) is 19.0 Å². The summed E-state index contributed by atoms with van der Waals surface area (Å²) in [5.41, 5.74) is 4.40. The predicted octanol–water partition coefficient (Wildman–Crippen LogP) is 4.90. The minimum Gasteiger partial charge on any atom is -0.492 e. The van der Waals surface area contributed by atoms with E-state index in [1.807, 2.05) is 42.5 Å². The van der Waals surface area contributed by atoms with E-state index in [1.54, 1.807) is 0 Å². The molecule has 5 heteroatoms. The van der Waals surface area contributed by atoms with E-state index in [2.05, 4.69) is 54.0 Å². The Labute approximate surface area is 197 Å². The van der Waals surface area contributed by atoms with Gasteiger partial charge in [0.2, 0.25) is 0 Å². The van der Waals surface area contributed by atoms with Crippen molar-refractivity contribution in [3.8, 4) is 11.5 Å². The lowest BCUT2D eigenvalue weighted by Crippen LogP contribution is -2.49. The van der Waals surface area contributed by atoms with E-state index in [4.69, 9.17) is 14.9 Å². The highest BCUT2D eigenvalue weighted by atomic mass is 16.5. The molecule has 3 aromatic carbocycles. The molecular formula is C28H33N3O2. The number of piperazine rings is 1. The van der Waals surface area contributed by atoms with Crippen LogP contribution in [0.4, 0.5) is 0 Å². The maximum absolute atomic E-state index is 8.71. The van der Waals surface area contributed by atoms with Crippen LogP contribution in [-0.2, 0) is 6.61 Å². The van der Waals surface area contributed by atoms with Crippen molar-refractivity contribution in [2.75, 3.05) is 39.3 Å². The summed E-state index contributed by atoms with van der Waals surface area (Å²) in [6.07, 6.45) is 0. The Morgan fingerprint density at radius 2 is 1.52 bits per heavy atom. The molecule has 0 aliphatic carbocycles. The molecule has 1 heterocycles. The van der Waals surface area contributed by atoms with Crippen LogP contribution in [-0.4, -0.2) is 55.0 Å². The van der Waals surface area contributed by atoms with E-state index in [1.165, 1.54) is 11.1 Å². The van der Waals surface area contributed by atoms with Crippen LogP contribution in [0.2, 0.25) is 0 Å². The smallest absolute Gasteiger partial charge is 0.128 e.